The van der Waals surface area contributed by atoms with Crippen LogP contribution in [-0.4, -0.2) is 37.0 Å². The number of fused-ring (bicyclic) bond motifs is 3. The first-order chi connectivity index (χ1) is 16.4. The molecular weight excluding hydrogens is 472 g/mol. The molecule has 0 unspecified atom stereocenters. The van der Waals surface area contributed by atoms with Crippen molar-refractivity contribution >= 4 is 50.2 Å². The summed E-state index contributed by atoms with van der Waals surface area (Å²) in [4.78, 5) is 19.6. The van der Waals surface area contributed by atoms with Crippen molar-refractivity contribution in [1.29, 1.82) is 0 Å². The topological polar surface area (TPSA) is 75.5 Å². The highest BCUT2D eigenvalue weighted by Crippen LogP contribution is 2.30. The van der Waals surface area contributed by atoms with Crippen LogP contribution in [-0.2, 0) is 16.6 Å². The Morgan fingerprint density at radius 3 is 2.59 bits per heavy atom. The van der Waals surface area contributed by atoms with Crippen molar-refractivity contribution < 1.29 is 13.2 Å². The van der Waals surface area contributed by atoms with Crippen LogP contribution in [0.3, 0.4) is 0 Å². The third-order valence-electron chi connectivity index (χ3n) is 5.75. The molecule has 172 valence electrons. The fraction of sp³-hybridized carbons (Fsp3) is 0.120. The number of carbonyl (C=O) groups excluding carboxylic acids is 1. The molecule has 0 N–H and O–H groups in total. The van der Waals surface area contributed by atoms with Gasteiger partial charge in [0.25, 0.3) is 15.9 Å². The van der Waals surface area contributed by atoms with E-state index in [0.29, 0.717) is 29.7 Å². The fourth-order valence-electron chi connectivity index (χ4n) is 4.12. The maximum Gasteiger partial charge on any atom is 0.264 e. The molecule has 0 aliphatic carbocycles. The molecule has 0 fully saturated rings. The molecule has 2 heterocycles. The third kappa shape index (κ3) is 3.74. The molecular formula is C25H21ClN4O3S. The highest BCUT2D eigenvalue weighted by atomic mass is 35.5. The van der Waals surface area contributed by atoms with Crippen molar-refractivity contribution in [1.82, 2.24) is 9.55 Å². The molecule has 3 aromatic carbocycles. The van der Waals surface area contributed by atoms with E-state index in [0.717, 1.165) is 11.0 Å². The lowest BCUT2D eigenvalue weighted by Gasteiger charge is -2.23. The van der Waals surface area contributed by atoms with Crippen molar-refractivity contribution in [2.24, 2.45) is 0 Å². The Bertz CT molecular complexity index is 1510. The number of halogens is 1. The van der Waals surface area contributed by atoms with E-state index < -0.39 is 10.0 Å². The maximum atomic E-state index is 13.5. The van der Waals surface area contributed by atoms with Gasteiger partial charge in [0.1, 0.15) is 0 Å². The molecule has 1 aliphatic rings. The standard InChI is InChI=1S/C25H21ClN4O3S/c1-2-14-30(20-12-10-19(26)11-13-20)34(32,33)21-7-5-6-18(17-21)24(31)29-16-15-28-23-9-4-3-8-22(23)27-25(28)29/h2-13,17H,1,14-16H2. The van der Waals surface area contributed by atoms with Gasteiger partial charge in [-0.15, -0.1) is 6.58 Å². The summed E-state index contributed by atoms with van der Waals surface area (Å²) in [6, 6.07) is 20.3. The summed E-state index contributed by atoms with van der Waals surface area (Å²) in [5, 5.41) is 0.504. The molecule has 0 atom stereocenters. The molecule has 7 nitrogen and oxygen atoms in total. The van der Waals surface area contributed by atoms with Crippen LogP contribution in [0.5, 0.6) is 0 Å². The zero-order valence-electron chi connectivity index (χ0n) is 18.1. The molecule has 1 aliphatic heterocycles. The number of anilines is 2. The number of rotatable bonds is 6. The van der Waals surface area contributed by atoms with Gasteiger partial charge in [-0.3, -0.25) is 14.0 Å². The highest BCUT2D eigenvalue weighted by Gasteiger charge is 2.30. The number of aromatic nitrogens is 2. The molecule has 4 aromatic rings. The van der Waals surface area contributed by atoms with Crippen LogP contribution in [0.2, 0.25) is 5.02 Å². The predicted molar refractivity (Wildman–Crippen MR) is 134 cm³/mol. The average molecular weight is 493 g/mol. The summed E-state index contributed by atoms with van der Waals surface area (Å²) in [7, 11) is -3.96. The van der Waals surface area contributed by atoms with Gasteiger partial charge in [-0.05, 0) is 54.6 Å². The van der Waals surface area contributed by atoms with E-state index in [1.54, 1.807) is 41.3 Å². The van der Waals surface area contributed by atoms with E-state index in [2.05, 4.69) is 11.6 Å². The Hall–Kier alpha value is -3.62. The Balaban J connectivity index is 1.49. The van der Waals surface area contributed by atoms with Gasteiger partial charge in [-0.2, -0.15) is 0 Å². The van der Waals surface area contributed by atoms with Crippen molar-refractivity contribution in [2.45, 2.75) is 11.4 Å². The molecule has 0 spiro atoms. The second-order valence-electron chi connectivity index (χ2n) is 7.84. The van der Waals surface area contributed by atoms with Gasteiger partial charge in [0.15, 0.2) is 0 Å². The van der Waals surface area contributed by atoms with E-state index in [-0.39, 0.29) is 22.9 Å². The first kappa shape index (κ1) is 22.2. The normalized spacial score (nSPS) is 13.1. The van der Waals surface area contributed by atoms with E-state index in [4.69, 9.17) is 11.6 Å². The summed E-state index contributed by atoms with van der Waals surface area (Å²) < 4.78 is 30.3. The van der Waals surface area contributed by atoms with Crippen molar-refractivity contribution in [2.75, 3.05) is 22.3 Å². The highest BCUT2D eigenvalue weighted by molar-refractivity contribution is 7.92. The zero-order chi connectivity index (χ0) is 23.9. The van der Waals surface area contributed by atoms with Gasteiger partial charge in [-0.1, -0.05) is 35.9 Å². The van der Waals surface area contributed by atoms with Crippen LogP contribution in [0.4, 0.5) is 11.6 Å². The molecule has 0 saturated carbocycles. The molecule has 34 heavy (non-hydrogen) atoms. The van der Waals surface area contributed by atoms with E-state index in [1.807, 2.05) is 28.8 Å². The number of imidazole rings is 1. The summed E-state index contributed by atoms with van der Waals surface area (Å²) in [6.45, 7) is 4.85. The summed E-state index contributed by atoms with van der Waals surface area (Å²) >= 11 is 5.97. The number of nitrogens with zero attached hydrogens (tertiary/aromatic N) is 4. The molecule has 0 bridgehead atoms. The van der Waals surface area contributed by atoms with Gasteiger partial charge < -0.3 is 4.57 Å². The Morgan fingerprint density at radius 1 is 1.06 bits per heavy atom. The lowest BCUT2D eigenvalue weighted by Crippen LogP contribution is -2.32. The minimum Gasteiger partial charge on any atom is -0.308 e. The van der Waals surface area contributed by atoms with Crippen LogP contribution in [0.1, 0.15) is 10.4 Å². The monoisotopic (exact) mass is 492 g/mol. The van der Waals surface area contributed by atoms with Crippen LogP contribution < -0.4 is 9.21 Å². The second-order valence-corrected chi connectivity index (χ2v) is 10.1. The summed E-state index contributed by atoms with van der Waals surface area (Å²) in [5.41, 5.74) is 2.51. The summed E-state index contributed by atoms with van der Waals surface area (Å²) in [6.07, 6.45) is 1.51. The molecule has 0 saturated heterocycles. The maximum absolute atomic E-state index is 13.5. The third-order valence-corrected chi connectivity index (χ3v) is 7.79. The Labute approximate surface area is 202 Å². The summed E-state index contributed by atoms with van der Waals surface area (Å²) in [5.74, 6) is 0.266. The molecule has 5 rings (SSSR count). The number of hydrogen-bond acceptors (Lipinski definition) is 4. The zero-order valence-corrected chi connectivity index (χ0v) is 19.7. The Morgan fingerprint density at radius 2 is 1.82 bits per heavy atom. The van der Waals surface area contributed by atoms with Gasteiger partial charge >= 0.3 is 0 Å². The van der Waals surface area contributed by atoms with Crippen LogP contribution in [0.25, 0.3) is 11.0 Å². The fourth-order valence-corrected chi connectivity index (χ4v) is 5.73. The number of amides is 1. The molecule has 0 radical (unpaired) electrons. The van der Waals surface area contributed by atoms with Gasteiger partial charge in [0.2, 0.25) is 5.95 Å². The van der Waals surface area contributed by atoms with Gasteiger partial charge in [-0.25, -0.2) is 13.4 Å². The SMILES string of the molecule is C=CCN(c1ccc(Cl)cc1)S(=O)(=O)c1cccc(C(=O)N2CCn3c2nc2ccccc23)c1. The first-order valence-electron chi connectivity index (χ1n) is 10.7. The number of hydrogen-bond donors (Lipinski definition) is 0. The van der Waals surface area contributed by atoms with E-state index in [1.165, 1.54) is 22.5 Å². The largest absolute Gasteiger partial charge is 0.308 e. The number of para-hydroxylation sites is 2. The van der Waals surface area contributed by atoms with Crippen LogP contribution in [0.15, 0.2) is 90.3 Å². The predicted octanol–water partition coefficient (Wildman–Crippen LogP) is 4.73. The quantitative estimate of drug-likeness (QED) is 0.365. The van der Waals surface area contributed by atoms with Crippen LogP contribution in [0, 0.1) is 0 Å². The average Bonchev–Trinajstić information content (AvgIpc) is 3.42. The lowest BCUT2D eigenvalue weighted by atomic mass is 10.2. The minimum absolute atomic E-state index is 0.0165. The van der Waals surface area contributed by atoms with E-state index in [9.17, 15) is 13.2 Å². The Kier molecular flexibility index (Phi) is 5.63. The van der Waals surface area contributed by atoms with Crippen LogP contribution >= 0.6 is 11.6 Å². The number of sulfonamides is 1. The van der Waals surface area contributed by atoms with Crippen molar-refractivity contribution in [3.05, 3.63) is 96.0 Å². The first-order valence-corrected chi connectivity index (χ1v) is 12.5. The van der Waals surface area contributed by atoms with Crippen molar-refractivity contribution in [3.63, 3.8) is 0 Å². The molecule has 9 heteroatoms. The minimum atomic E-state index is -3.96. The smallest absolute Gasteiger partial charge is 0.264 e. The second kappa shape index (κ2) is 8.62. The van der Waals surface area contributed by atoms with Crippen molar-refractivity contribution in [3.8, 4) is 0 Å². The van der Waals surface area contributed by atoms with Gasteiger partial charge in [0, 0.05) is 23.7 Å². The van der Waals surface area contributed by atoms with E-state index >= 15 is 0 Å². The molecule has 1 amide bonds. The lowest BCUT2D eigenvalue weighted by molar-refractivity contribution is 0.0988. The molecule has 1 aromatic heterocycles. The van der Waals surface area contributed by atoms with Gasteiger partial charge in [0.05, 0.1) is 28.2 Å². The number of benzene rings is 3. The number of carbonyl (C=O) groups is 1.